The summed E-state index contributed by atoms with van der Waals surface area (Å²) in [5.74, 6) is -0.157. The number of amides is 1. The fourth-order valence-electron chi connectivity index (χ4n) is 2.17. The van der Waals surface area contributed by atoms with E-state index in [4.69, 9.17) is 5.26 Å². The molecule has 0 bridgehead atoms. The molecule has 1 fully saturated rings. The van der Waals surface area contributed by atoms with Gasteiger partial charge in [-0.05, 0) is 47.7 Å². The molecule has 1 amide bonds. The lowest BCUT2D eigenvalue weighted by Crippen LogP contribution is -2.52. The topological polar surface area (TPSA) is 57.8 Å². The van der Waals surface area contributed by atoms with Crippen molar-refractivity contribution in [1.82, 2.24) is 9.88 Å². The molecule has 5 heteroatoms. The second-order valence-electron chi connectivity index (χ2n) is 4.74. The maximum atomic E-state index is 12.2. The number of carbonyl (C=O) groups excluding carboxylic acids is 1. The third-order valence-corrected chi connectivity index (χ3v) is 3.77. The molecule has 1 saturated carbocycles. The van der Waals surface area contributed by atoms with Crippen LogP contribution in [0.3, 0.4) is 0 Å². The van der Waals surface area contributed by atoms with Crippen molar-refractivity contribution in [3.8, 4) is 6.07 Å². The molecule has 18 heavy (non-hydrogen) atoms. The quantitative estimate of drug-likeness (QED) is 0.929. The van der Waals surface area contributed by atoms with Crippen molar-refractivity contribution in [3.63, 3.8) is 0 Å². The molecular weight excluding hydrogens is 294 g/mol. The Morgan fingerprint density at radius 2 is 2.39 bits per heavy atom. The lowest BCUT2D eigenvalue weighted by molar-refractivity contribution is 0.0871. The Bertz CT molecular complexity index is 497. The fourth-order valence-corrected chi connectivity index (χ4v) is 2.63. The summed E-state index contributed by atoms with van der Waals surface area (Å²) in [6, 6.07) is 4.02. The van der Waals surface area contributed by atoms with Gasteiger partial charge in [0.25, 0.3) is 5.91 Å². The van der Waals surface area contributed by atoms with E-state index in [0.717, 1.165) is 36.7 Å². The second kappa shape index (κ2) is 5.15. The number of carbonyl (C=O) groups is 1. The summed E-state index contributed by atoms with van der Waals surface area (Å²) in [5.41, 5.74) is -0.0181. The summed E-state index contributed by atoms with van der Waals surface area (Å²) in [6.07, 6.45) is 5.38. The van der Waals surface area contributed by atoms with E-state index in [-0.39, 0.29) is 5.91 Å². The monoisotopic (exact) mass is 309 g/mol. The van der Waals surface area contributed by atoms with E-state index in [9.17, 15) is 4.79 Å². The molecular formula is C13H16BrN3O. The number of aromatic nitrogens is 1. The van der Waals surface area contributed by atoms with E-state index in [1.165, 1.54) is 0 Å². The number of nitrogens with one attached hydrogen (secondary N) is 1. The highest BCUT2D eigenvalue weighted by Gasteiger charge is 2.39. The average molecular weight is 310 g/mol. The van der Waals surface area contributed by atoms with E-state index < -0.39 is 5.54 Å². The van der Waals surface area contributed by atoms with Crippen LogP contribution < -0.4 is 5.32 Å². The predicted octanol–water partition coefficient (Wildman–Crippen LogP) is 2.84. The van der Waals surface area contributed by atoms with Crippen LogP contribution >= 0.6 is 15.9 Å². The Balaban J connectivity index is 2.16. The van der Waals surface area contributed by atoms with Gasteiger partial charge in [-0.25, -0.2) is 0 Å². The minimum absolute atomic E-state index is 0.157. The highest BCUT2D eigenvalue weighted by Crippen LogP contribution is 2.31. The first-order valence-corrected chi connectivity index (χ1v) is 6.99. The van der Waals surface area contributed by atoms with Gasteiger partial charge < -0.3 is 9.88 Å². The highest BCUT2D eigenvalue weighted by molar-refractivity contribution is 9.10. The van der Waals surface area contributed by atoms with E-state index >= 15 is 0 Å². The summed E-state index contributed by atoms with van der Waals surface area (Å²) in [6.45, 7) is 2.87. The normalized spacial score (nSPS) is 16.7. The first-order chi connectivity index (χ1) is 8.60. The minimum Gasteiger partial charge on any atom is -0.342 e. The number of hydrogen-bond acceptors (Lipinski definition) is 2. The zero-order chi connectivity index (χ0) is 13.2. The molecule has 0 atom stereocenters. The Labute approximate surface area is 115 Å². The van der Waals surface area contributed by atoms with Crippen molar-refractivity contribution in [2.75, 3.05) is 0 Å². The van der Waals surface area contributed by atoms with Gasteiger partial charge in [0, 0.05) is 17.2 Å². The van der Waals surface area contributed by atoms with E-state index in [1.54, 1.807) is 6.07 Å². The van der Waals surface area contributed by atoms with Crippen LogP contribution in [-0.2, 0) is 6.54 Å². The standard InChI is InChI=1S/C13H16BrN3O/c1-2-6-17-8-10(14)7-11(17)12(18)16-13(9-15)4-3-5-13/h7-8H,2-6H2,1H3,(H,16,18). The summed E-state index contributed by atoms with van der Waals surface area (Å²) >= 11 is 3.38. The zero-order valence-electron chi connectivity index (χ0n) is 10.4. The molecule has 0 aliphatic heterocycles. The zero-order valence-corrected chi connectivity index (χ0v) is 12.0. The molecule has 1 N–H and O–H groups in total. The van der Waals surface area contributed by atoms with Gasteiger partial charge >= 0.3 is 0 Å². The predicted molar refractivity (Wildman–Crippen MR) is 72.1 cm³/mol. The third kappa shape index (κ3) is 2.44. The molecule has 1 heterocycles. The molecule has 0 saturated heterocycles. The first kappa shape index (κ1) is 13.2. The van der Waals surface area contributed by atoms with Crippen LogP contribution in [0.2, 0.25) is 0 Å². The van der Waals surface area contributed by atoms with Gasteiger partial charge in [-0.15, -0.1) is 0 Å². The molecule has 0 unspecified atom stereocenters. The summed E-state index contributed by atoms with van der Waals surface area (Å²) < 4.78 is 2.81. The van der Waals surface area contributed by atoms with Gasteiger partial charge in [0.1, 0.15) is 11.2 Å². The number of rotatable bonds is 4. The van der Waals surface area contributed by atoms with Crippen LogP contribution in [0.15, 0.2) is 16.7 Å². The van der Waals surface area contributed by atoms with Crippen LogP contribution in [-0.4, -0.2) is 16.0 Å². The maximum absolute atomic E-state index is 12.2. The molecule has 0 spiro atoms. The van der Waals surface area contributed by atoms with Gasteiger partial charge in [-0.3, -0.25) is 4.79 Å². The molecule has 96 valence electrons. The van der Waals surface area contributed by atoms with Crippen molar-refractivity contribution in [2.24, 2.45) is 0 Å². The van der Waals surface area contributed by atoms with Gasteiger partial charge in [-0.1, -0.05) is 6.92 Å². The van der Waals surface area contributed by atoms with E-state index in [1.807, 2.05) is 10.8 Å². The molecule has 1 aromatic heterocycles. The Hall–Kier alpha value is -1.28. The molecule has 1 aliphatic rings. The van der Waals surface area contributed by atoms with Gasteiger partial charge in [0.2, 0.25) is 0 Å². The molecule has 0 radical (unpaired) electrons. The van der Waals surface area contributed by atoms with Crippen molar-refractivity contribution >= 4 is 21.8 Å². The van der Waals surface area contributed by atoms with E-state index in [0.29, 0.717) is 5.69 Å². The number of hydrogen-bond donors (Lipinski definition) is 1. The lowest BCUT2D eigenvalue weighted by Gasteiger charge is -2.35. The van der Waals surface area contributed by atoms with Crippen LogP contribution in [0, 0.1) is 11.3 Å². The van der Waals surface area contributed by atoms with Gasteiger partial charge in [0.15, 0.2) is 0 Å². The van der Waals surface area contributed by atoms with Crippen molar-refractivity contribution in [3.05, 3.63) is 22.4 Å². The van der Waals surface area contributed by atoms with E-state index in [2.05, 4.69) is 34.2 Å². The molecule has 2 rings (SSSR count). The Morgan fingerprint density at radius 3 is 2.89 bits per heavy atom. The average Bonchev–Trinajstić information content (AvgIpc) is 2.65. The number of nitriles is 1. The maximum Gasteiger partial charge on any atom is 0.269 e. The largest absolute Gasteiger partial charge is 0.342 e. The van der Waals surface area contributed by atoms with Crippen molar-refractivity contribution in [1.29, 1.82) is 5.26 Å². The molecule has 0 aromatic carbocycles. The smallest absolute Gasteiger partial charge is 0.269 e. The third-order valence-electron chi connectivity index (χ3n) is 3.33. The minimum atomic E-state index is -0.634. The summed E-state index contributed by atoms with van der Waals surface area (Å²) in [7, 11) is 0. The second-order valence-corrected chi connectivity index (χ2v) is 5.65. The SMILES string of the molecule is CCCn1cc(Br)cc1C(=O)NC1(C#N)CCC1. The number of aryl methyl sites for hydroxylation is 1. The highest BCUT2D eigenvalue weighted by atomic mass is 79.9. The Morgan fingerprint density at radius 1 is 1.67 bits per heavy atom. The lowest BCUT2D eigenvalue weighted by atomic mass is 9.78. The van der Waals surface area contributed by atoms with Gasteiger partial charge in [-0.2, -0.15) is 5.26 Å². The molecule has 1 aliphatic carbocycles. The van der Waals surface area contributed by atoms with Crippen LogP contribution in [0.4, 0.5) is 0 Å². The van der Waals surface area contributed by atoms with Crippen LogP contribution in [0.5, 0.6) is 0 Å². The van der Waals surface area contributed by atoms with Crippen molar-refractivity contribution < 1.29 is 4.79 Å². The molecule has 1 aromatic rings. The number of nitrogens with zero attached hydrogens (tertiary/aromatic N) is 2. The Kier molecular flexibility index (Phi) is 3.76. The molecule has 4 nitrogen and oxygen atoms in total. The summed E-state index contributed by atoms with van der Waals surface area (Å²) in [5, 5.41) is 12.0. The van der Waals surface area contributed by atoms with Gasteiger partial charge in [0.05, 0.1) is 6.07 Å². The fraction of sp³-hybridized carbons (Fsp3) is 0.538. The first-order valence-electron chi connectivity index (χ1n) is 6.19. The van der Waals surface area contributed by atoms with Crippen LogP contribution in [0.25, 0.3) is 0 Å². The van der Waals surface area contributed by atoms with Crippen LogP contribution in [0.1, 0.15) is 43.1 Å². The van der Waals surface area contributed by atoms with Crippen molar-refractivity contribution in [2.45, 2.75) is 44.7 Å². The summed E-state index contributed by atoms with van der Waals surface area (Å²) in [4.78, 5) is 12.2. The number of halogens is 1.